The lowest BCUT2D eigenvalue weighted by atomic mass is 9.95. The lowest BCUT2D eigenvalue weighted by molar-refractivity contribution is -0.139. The maximum atomic E-state index is 13.2. The third-order valence-corrected chi connectivity index (χ3v) is 5.93. The highest BCUT2D eigenvalue weighted by atomic mass is 35.5. The van der Waals surface area contributed by atoms with Crippen LogP contribution in [0.2, 0.25) is 5.02 Å². The third kappa shape index (κ3) is 4.47. The van der Waals surface area contributed by atoms with Gasteiger partial charge in [0.1, 0.15) is 17.3 Å². The van der Waals surface area contributed by atoms with Gasteiger partial charge in [-0.1, -0.05) is 54.1 Å². The normalized spacial score (nSPS) is 17.4. The van der Waals surface area contributed by atoms with E-state index in [4.69, 9.17) is 16.3 Å². The zero-order chi connectivity index (χ0) is 23.5. The molecule has 3 aromatic carbocycles. The number of halogens is 2. The third-order valence-electron chi connectivity index (χ3n) is 5.64. The standard InChI is InChI=1S/C26H21ClFNO4/c1-33-21-12-9-18(15-20(21)27)24(30)22-23(17-5-3-2-4-6-17)29(26(32)25(22)31)14-13-16-7-10-19(28)11-8-16/h2-12,15,23,30H,13-14H2,1H3/b24-22-. The van der Waals surface area contributed by atoms with Crippen molar-refractivity contribution in [3.05, 3.63) is 106 Å². The number of hydrogen-bond donors (Lipinski definition) is 1. The van der Waals surface area contributed by atoms with E-state index in [0.29, 0.717) is 23.3 Å². The summed E-state index contributed by atoms with van der Waals surface area (Å²) >= 11 is 6.21. The predicted molar refractivity (Wildman–Crippen MR) is 124 cm³/mol. The number of likely N-dealkylation sites (tertiary alicyclic amines) is 1. The molecule has 7 heteroatoms. The van der Waals surface area contributed by atoms with Gasteiger partial charge in [0.2, 0.25) is 0 Å². The fourth-order valence-electron chi connectivity index (χ4n) is 3.96. The Hall–Kier alpha value is -3.64. The van der Waals surface area contributed by atoms with Crippen molar-refractivity contribution in [2.75, 3.05) is 13.7 Å². The van der Waals surface area contributed by atoms with Gasteiger partial charge < -0.3 is 14.7 Å². The van der Waals surface area contributed by atoms with Crippen molar-refractivity contribution >= 4 is 29.1 Å². The van der Waals surface area contributed by atoms with Crippen LogP contribution >= 0.6 is 11.6 Å². The molecule has 1 atom stereocenters. The summed E-state index contributed by atoms with van der Waals surface area (Å²) in [5, 5.41) is 11.4. The molecule has 1 fully saturated rings. The van der Waals surface area contributed by atoms with Gasteiger partial charge in [-0.15, -0.1) is 0 Å². The fourth-order valence-corrected chi connectivity index (χ4v) is 4.22. The molecule has 5 nitrogen and oxygen atoms in total. The van der Waals surface area contributed by atoms with Crippen LogP contribution in [-0.4, -0.2) is 35.4 Å². The van der Waals surface area contributed by atoms with Crippen molar-refractivity contribution in [2.24, 2.45) is 0 Å². The maximum absolute atomic E-state index is 13.2. The molecule has 0 radical (unpaired) electrons. The van der Waals surface area contributed by atoms with Crippen LogP contribution in [0.1, 0.15) is 22.7 Å². The Balaban J connectivity index is 1.76. The summed E-state index contributed by atoms with van der Waals surface area (Å²) in [6.45, 7) is 0.218. The van der Waals surface area contributed by atoms with Crippen LogP contribution in [0.15, 0.2) is 78.4 Å². The van der Waals surface area contributed by atoms with Crippen LogP contribution in [0.4, 0.5) is 4.39 Å². The quantitative estimate of drug-likeness (QED) is 0.310. The molecule has 0 saturated carbocycles. The number of methoxy groups -OCH3 is 1. The maximum Gasteiger partial charge on any atom is 0.295 e. The Kier molecular flexibility index (Phi) is 6.47. The number of aliphatic hydroxyl groups is 1. The van der Waals surface area contributed by atoms with E-state index in [1.807, 2.05) is 6.07 Å². The predicted octanol–water partition coefficient (Wildman–Crippen LogP) is 5.15. The largest absolute Gasteiger partial charge is 0.507 e. The smallest absolute Gasteiger partial charge is 0.295 e. The van der Waals surface area contributed by atoms with E-state index in [-0.39, 0.29) is 28.7 Å². The van der Waals surface area contributed by atoms with E-state index < -0.39 is 17.7 Å². The van der Waals surface area contributed by atoms with Gasteiger partial charge in [0.05, 0.1) is 23.7 Å². The first-order chi connectivity index (χ1) is 15.9. The van der Waals surface area contributed by atoms with E-state index in [1.54, 1.807) is 48.5 Å². The van der Waals surface area contributed by atoms with Gasteiger partial charge in [-0.3, -0.25) is 9.59 Å². The first-order valence-electron chi connectivity index (χ1n) is 10.3. The average Bonchev–Trinajstić information content (AvgIpc) is 3.08. The molecular formula is C26H21ClFNO4. The topological polar surface area (TPSA) is 66.8 Å². The molecule has 3 aromatic rings. The highest BCUT2D eigenvalue weighted by molar-refractivity contribution is 6.46. The number of carbonyl (C=O) groups is 2. The highest BCUT2D eigenvalue weighted by Crippen LogP contribution is 2.40. The van der Waals surface area contributed by atoms with E-state index >= 15 is 0 Å². The Bertz CT molecular complexity index is 1220. The van der Waals surface area contributed by atoms with Crippen LogP contribution in [-0.2, 0) is 16.0 Å². The molecule has 1 aliphatic heterocycles. The van der Waals surface area contributed by atoms with Gasteiger partial charge in [-0.05, 0) is 47.9 Å². The van der Waals surface area contributed by atoms with E-state index in [2.05, 4.69) is 0 Å². The number of carbonyl (C=O) groups excluding carboxylic acids is 2. The molecule has 1 aliphatic rings. The lowest BCUT2D eigenvalue weighted by Gasteiger charge is -2.25. The Morgan fingerprint density at radius 3 is 2.39 bits per heavy atom. The first-order valence-corrected chi connectivity index (χ1v) is 10.7. The number of ketones is 1. The SMILES string of the molecule is COc1ccc(/C(O)=C2/C(=O)C(=O)N(CCc3ccc(F)cc3)C2c2ccccc2)cc1Cl. The summed E-state index contributed by atoms with van der Waals surface area (Å²) < 4.78 is 18.4. The molecule has 0 aromatic heterocycles. The Labute approximate surface area is 195 Å². The first kappa shape index (κ1) is 22.6. The van der Waals surface area contributed by atoms with Gasteiger partial charge in [0.15, 0.2) is 0 Å². The van der Waals surface area contributed by atoms with E-state index in [1.165, 1.54) is 30.2 Å². The number of aliphatic hydroxyl groups excluding tert-OH is 1. The van der Waals surface area contributed by atoms with Crippen LogP contribution in [0.3, 0.4) is 0 Å². The lowest BCUT2D eigenvalue weighted by Crippen LogP contribution is -2.31. The van der Waals surface area contributed by atoms with Crippen LogP contribution < -0.4 is 4.74 Å². The summed E-state index contributed by atoms with van der Waals surface area (Å²) in [7, 11) is 1.48. The van der Waals surface area contributed by atoms with E-state index in [9.17, 15) is 19.1 Å². The van der Waals surface area contributed by atoms with Crippen molar-refractivity contribution in [2.45, 2.75) is 12.5 Å². The zero-order valence-electron chi connectivity index (χ0n) is 17.8. The number of ether oxygens (including phenoxy) is 1. The second-order valence-electron chi connectivity index (χ2n) is 7.63. The van der Waals surface area contributed by atoms with Gasteiger partial charge in [0.25, 0.3) is 11.7 Å². The van der Waals surface area contributed by atoms with Gasteiger partial charge in [-0.2, -0.15) is 0 Å². The molecule has 33 heavy (non-hydrogen) atoms. The monoisotopic (exact) mass is 465 g/mol. The minimum absolute atomic E-state index is 0.00783. The van der Waals surface area contributed by atoms with Crippen molar-refractivity contribution in [3.8, 4) is 5.75 Å². The number of Topliss-reactive ketones (excluding diaryl/α,β-unsaturated/α-hetero) is 1. The van der Waals surface area contributed by atoms with Crippen LogP contribution in [0, 0.1) is 5.82 Å². The Morgan fingerprint density at radius 1 is 1.06 bits per heavy atom. The molecule has 1 unspecified atom stereocenters. The fraction of sp³-hybridized carbons (Fsp3) is 0.154. The summed E-state index contributed by atoms with van der Waals surface area (Å²) in [6, 6.07) is 18.9. The molecule has 4 rings (SSSR count). The van der Waals surface area contributed by atoms with E-state index in [0.717, 1.165) is 5.56 Å². The van der Waals surface area contributed by atoms with Crippen LogP contribution in [0.25, 0.3) is 5.76 Å². The molecule has 0 bridgehead atoms. The number of rotatable bonds is 6. The minimum atomic E-state index is -0.771. The van der Waals surface area contributed by atoms with Crippen molar-refractivity contribution < 1.29 is 23.8 Å². The molecule has 168 valence electrons. The van der Waals surface area contributed by atoms with Crippen molar-refractivity contribution in [3.63, 3.8) is 0 Å². The molecule has 1 amide bonds. The zero-order valence-corrected chi connectivity index (χ0v) is 18.6. The van der Waals surface area contributed by atoms with Gasteiger partial charge >= 0.3 is 0 Å². The van der Waals surface area contributed by atoms with Gasteiger partial charge in [0, 0.05) is 12.1 Å². The average molecular weight is 466 g/mol. The molecule has 0 aliphatic carbocycles. The number of benzene rings is 3. The molecule has 1 heterocycles. The van der Waals surface area contributed by atoms with Crippen LogP contribution in [0.5, 0.6) is 5.75 Å². The summed E-state index contributed by atoms with van der Waals surface area (Å²) in [4.78, 5) is 27.5. The summed E-state index contributed by atoms with van der Waals surface area (Å²) in [5.74, 6) is -1.70. The molecule has 1 N–H and O–H groups in total. The van der Waals surface area contributed by atoms with Gasteiger partial charge in [-0.25, -0.2) is 4.39 Å². The summed E-state index contributed by atoms with van der Waals surface area (Å²) in [6.07, 6.45) is 0.422. The molecular weight excluding hydrogens is 445 g/mol. The second kappa shape index (κ2) is 9.46. The molecule has 0 spiro atoms. The number of nitrogens with zero attached hydrogens (tertiary/aromatic N) is 1. The number of hydrogen-bond acceptors (Lipinski definition) is 4. The number of amides is 1. The highest BCUT2D eigenvalue weighted by Gasteiger charge is 2.45. The second-order valence-corrected chi connectivity index (χ2v) is 8.04. The van der Waals surface area contributed by atoms with Crippen molar-refractivity contribution in [1.29, 1.82) is 0 Å². The van der Waals surface area contributed by atoms with Crippen molar-refractivity contribution in [1.82, 2.24) is 4.90 Å². The molecule has 1 saturated heterocycles. The summed E-state index contributed by atoms with van der Waals surface area (Å²) in [5.41, 5.74) is 1.81. The minimum Gasteiger partial charge on any atom is -0.507 e. The Morgan fingerprint density at radius 2 is 1.76 bits per heavy atom.